The normalized spacial score (nSPS) is 14.2. The molecule has 2 aromatic rings. The van der Waals surface area contributed by atoms with Crippen molar-refractivity contribution in [2.24, 2.45) is 0 Å². The minimum atomic E-state index is -3.13. The van der Waals surface area contributed by atoms with Crippen molar-refractivity contribution in [3.05, 3.63) is 60.7 Å². The van der Waals surface area contributed by atoms with Crippen LogP contribution in [0.2, 0.25) is 0 Å². The SMILES string of the molecule is CCC[C@H]([Se]c1ccccc1)S(=O)(=O)[C@@H](CCC)[Se]c1ccccc1. The zero-order valence-electron chi connectivity index (χ0n) is 14.8. The van der Waals surface area contributed by atoms with Crippen molar-refractivity contribution in [2.75, 3.05) is 0 Å². The molecule has 2 rings (SSSR count). The van der Waals surface area contributed by atoms with Crippen molar-refractivity contribution in [1.29, 1.82) is 0 Å². The molecule has 0 unspecified atom stereocenters. The van der Waals surface area contributed by atoms with Gasteiger partial charge in [-0.15, -0.1) is 0 Å². The van der Waals surface area contributed by atoms with Crippen LogP contribution in [-0.4, -0.2) is 46.6 Å². The van der Waals surface area contributed by atoms with Crippen molar-refractivity contribution in [3.8, 4) is 0 Å². The summed E-state index contributed by atoms with van der Waals surface area (Å²) in [4.78, 5) is 0. The van der Waals surface area contributed by atoms with Gasteiger partial charge in [0, 0.05) is 0 Å². The van der Waals surface area contributed by atoms with E-state index in [9.17, 15) is 8.42 Å². The van der Waals surface area contributed by atoms with E-state index in [0.29, 0.717) is 0 Å². The molecule has 0 aliphatic rings. The average Bonchev–Trinajstić information content (AvgIpc) is 2.63. The molecule has 2 nitrogen and oxygen atoms in total. The van der Waals surface area contributed by atoms with E-state index in [0.717, 1.165) is 25.7 Å². The van der Waals surface area contributed by atoms with Gasteiger partial charge in [-0.25, -0.2) is 0 Å². The molecule has 0 aromatic heterocycles. The van der Waals surface area contributed by atoms with Gasteiger partial charge in [0.15, 0.2) is 0 Å². The van der Waals surface area contributed by atoms with Crippen LogP contribution >= 0.6 is 0 Å². The molecule has 2 atom stereocenters. The maximum atomic E-state index is 13.5. The van der Waals surface area contributed by atoms with Crippen molar-refractivity contribution in [3.63, 3.8) is 0 Å². The van der Waals surface area contributed by atoms with E-state index in [2.05, 4.69) is 38.1 Å². The molecule has 0 saturated carbocycles. The van der Waals surface area contributed by atoms with Crippen LogP contribution in [0.25, 0.3) is 0 Å². The third-order valence-electron chi connectivity index (χ3n) is 3.80. The fourth-order valence-corrected chi connectivity index (χ4v) is 13.9. The number of hydrogen-bond donors (Lipinski definition) is 0. The number of benzene rings is 2. The van der Waals surface area contributed by atoms with Crippen molar-refractivity contribution in [1.82, 2.24) is 0 Å². The Kier molecular flexibility index (Phi) is 8.75. The second-order valence-corrected chi connectivity index (χ2v) is 14.9. The molecule has 0 amide bonds. The van der Waals surface area contributed by atoms with Gasteiger partial charge in [0.2, 0.25) is 0 Å². The van der Waals surface area contributed by atoms with Gasteiger partial charge in [-0.3, -0.25) is 0 Å². The summed E-state index contributed by atoms with van der Waals surface area (Å²) >= 11 is -0.0657. The van der Waals surface area contributed by atoms with Crippen LogP contribution in [0.5, 0.6) is 0 Å². The fourth-order valence-electron chi connectivity index (χ4n) is 2.52. The molecule has 2 aromatic carbocycles. The number of sulfone groups is 1. The summed E-state index contributed by atoms with van der Waals surface area (Å²) in [5.74, 6) is 0. The van der Waals surface area contributed by atoms with Crippen LogP contribution in [0.3, 0.4) is 0 Å². The molecule has 0 aliphatic heterocycles. The monoisotopic (exact) mass is 490 g/mol. The first-order chi connectivity index (χ1) is 12.1. The maximum absolute atomic E-state index is 13.5. The Balaban J connectivity index is 2.24. The van der Waals surface area contributed by atoms with Gasteiger partial charge < -0.3 is 0 Å². The van der Waals surface area contributed by atoms with Crippen LogP contribution in [0, 0.1) is 0 Å². The molecule has 0 fully saturated rings. The van der Waals surface area contributed by atoms with Crippen LogP contribution in [0.4, 0.5) is 0 Å². The Morgan fingerprint density at radius 3 is 1.40 bits per heavy atom. The molecular weight excluding hydrogens is 462 g/mol. The molecule has 0 saturated heterocycles. The summed E-state index contributed by atoms with van der Waals surface area (Å²) in [6.45, 7) is 4.17. The Morgan fingerprint density at radius 1 is 0.720 bits per heavy atom. The van der Waals surface area contributed by atoms with Gasteiger partial charge >= 0.3 is 166 Å². The van der Waals surface area contributed by atoms with E-state index < -0.39 is 9.84 Å². The number of rotatable bonds is 10. The predicted molar refractivity (Wildman–Crippen MR) is 110 cm³/mol. The molecule has 0 aliphatic carbocycles. The summed E-state index contributed by atoms with van der Waals surface area (Å²) in [5, 5.41) is 0. The summed E-state index contributed by atoms with van der Waals surface area (Å²) in [7, 11) is -3.13. The van der Waals surface area contributed by atoms with Gasteiger partial charge in [-0.2, -0.15) is 0 Å². The van der Waals surface area contributed by atoms with E-state index >= 15 is 0 Å². The standard InChI is InChI=1S/C20H26O2SSe2/c1-3-11-19(24-17-13-7-5-8-14-17)23(21,22)20(12-4-2)25-18-15-9-6-10-16-18/h5-10,13-16,19-20H,3-4,11-12H2,1-2H3/t19-,20+. The molecule has 25 heavy (non-hydrogen) atoms. The van der Waals surface area contributed by atoms with Gasteiger partial charge in [0.05, 0.1) is 0 Å². The predicted octanol–water partition coefficient (Wildman–Crippen LogP) is 2.71. The quantitative estimate of drug-likeness (QED) is 0.483. The molecule has 5 heteroatoms. The Hall–Kier alpha value is -0.571. The molecule has 0 N–H and O–H groups in total. The first-order valence-corrected chi connectivity index (χ1v) is 14.0. The zero-order chi connectivity index (χ0) is 18.1. The summed E-state index contributed by atoms with van der Waals surface area (Å²) in [6.07, 6.45) is 3.36. The van der Waals surface area contributed by atoms with Crippen LogP contribution < -0.4 is 8.92 Å². The summed E-state index contributed by atoms with van der Waals surface area (Å²) in [6, 6.07) is 20.3. The summed E-state index contributed by atoms with van der Waals surface area (Å²) < 4.78 is 28.8. The Morgan fingerprint density at radius 2 is 1.08 bits per heavy atom. The first kappa shape index (κ1) is 20.7. The molecular formula is C20H26O2SSe2. The topological polar surface area (TPSA) is 34.1 Å². The Labute approximate surface area is 165 Å². The van der Waals surface area contributed by atoms with E-state index in [1.54, 1.807) is 0 Å². The van der Waals surface area contributed by atoms with Crippen molar-refractivity contribution in [2.45, 2.75) is 47.8 Å². The van der Waals surface area contributed by atoms with E-state index in [-0.39, 0.29) is 38.2 Å². The van der Waals surface area contributed by atoms with Gasteiger partial charge in [0.1, 0.15) is 0 Å². The minimum absolute atomic E-state index is 0.0329. The van der Waals surface area contributed by atoms with Crippen molar-refractivity contribution < 1.29 is 8.42 Å². The van der Waals surface area contributed by atoms with Crippen LogP contribution in [0.15, 0.2) is 60.7 Å². The Bertz CT molecular complexity index is 660. The zero-order valence-corrected chi connectivity index (χ0v) is 19.0. The summed E-state index contributed by atoms with van der Waals surface area (Å²) in [5.41, 5.74) is 0. The van der Waals surface area contributed by atoms with Crippen LogP contribution in [0.1, 0.15) is 39.5 Å². The van der Waals surface area contributed by atoms with Gasteiger partial charge in [-0.1, -0.05) is 0 Å². The number of hydrogen-bond acceptors (Lipinski definition) is 2. The average molecular weight is 488 g/mol. The van der Waals surface area contributed by atoms with E-state index in [4.69, 9.17) is 0 Å². The third-order valence-corrected chi connectivity index (χ3v) is 14.5. The fraction of sp³-hybridized carbons (Fsp3) is 0.400. The third kappa shape index (κ3) is 6.27. The van der Waals surface area contributed by atoms with Crippen molar-refractivity contribution >= 4 is 48.7 Å². The van der Waals surface area contributed by atoms with Crippen LogP contribution in [-0.2, 0) is 9.84 Å². The molecule has 136 valence electrons. The van der Waals surface area contributed by atoms with Gasteiger partial charge in [0.25, 0.3) is 0 Å². The second-order valence-electron chi connectivity index (χ2n) is 5.89. The molecule has 0 radical (unpaired) electrons. The molecule has 0 heterocycles. The molecule has 0 bridgehead atoms. The van der Waals surface area contributed by atoms with E-state index in [1.807, 2.05) is 36.4 Å². The first-order valence-electron chi connectivity index (χ1n) is 8.74. The van der Waals surface area contributed by atoms with Gasteiger partial charge in [-0.05, 0) is 0 Å². The second kappa shape index (κ2) is 10.5. The van der Waals surface area contributed by atoms with E-state index in [1.165, 1.54) is 8.92 Å². The molecule has 0 spiro atoms.